The largest absolute Gasteiger partial charge is 0.295 e. The fraction of sp³-hybridized carbons (Fsp3) is 0.526. The highest BCUT2D eigenvalue weighted by molar-refractivity contribution is 5.93. The molecule has 0 N–H and O–H groups in total. The van der Waals surface area contributed by atoms with Crippen molar-refractivity contribution in [2.45, 2.75) is 45.4 Å². The maximum atomic E-state index is 11.6. The lowest BCUT2D eigenvalue weighted by Gasteiger charge is -2.44. The predicted molar refractivity (Wildman–Crippen MR) is 81.2 cm³/mol. The molecule has 0 unspecified atom stereocenters. The minimum atomic E-state index is 0.317. The topological polar surface area (TPSA) is 17.1 Å². The summed E-state index contributed by atoms with van der Waals surface area (Å²) in [6.07, 6.45) is 13.1. The summed E-state index contributed by atoms with van der Waals surface area (Å²) >= 11 is 0. The standard InChI is InChI=1S/C19H22O/c1-12-7-9-19(2)10-8-16-15-6-4-14(20)11-13(15)3-5-17(16)18(12)19/h8,10-11,17-18H,1,3-7,9H2,2H3/t17-,18+,19+/m1/s1. The Hall–Kier alpha value is -1.37. The highest BCUT2D eigenvalue weighted by atomic mass is 16.1. The fourth-order valence-corrected chi connectivity index (χ4v) is 4.99. The summed E-state index contributed by atoms with van der Waals surface area (Å²) in [7, 11) is 0. The molecule has 0 amide bonds. The lowest BCUT2D eigenvalue weighted by Crippen LogP contribution is -2.34. The smallest absolute Gasteiger partial charge is 0.156 e. The molecule has 0 aliphatic heterocycles. The normalized spacial score (nSPS) is 39.4. The van der Waals surface area contributed by atoms with Crippen molar-refractivity contribution in [1.29, 1.82) is 0 Å². The molecule has 0 saturated heterocycles. The van der Waals surface area contributed by atoms with Gasteiger partial charge < -0.3 is 0 Å². The molecule has 0 radical (unpaired) electrons. The summed E-state index contributed by atoms with van der Waals surface area (Å²) in [5, 5.41) is 0. The van der Waals surface area contributed by atoms with Gasteiger partial charge in [0, 0.05) is 6.42 Å². The molecule has 20 heavy (non-hydrogen) atoms. The zero-order chi connectivity index (χ0) is 13.9. The number of carbonyl (C=O) groups is 1. The van der Waals surface area contributed by atoms with Crippen molar-refractivity contribution in [3.05, 3.63) is 47.1 Å². The van der Waals surface area contributed by atoms with E-state index in [9.17, 15) is 4.79 Å². The van der Waals surface area contributed by atoms with Crippen LogP contribution < -0.4 is 0 Å². The van der Waals surface area contributed by atoms with Crippen LogP contribution >= 0.6 is 0 Å². The zero-order valence-corrected chi connectivity index (χ0v) is 12.2. The number of rotatable bonds is 0. The van der Waals surface area contributed by atoms with Gasteiger partial charge in [0.1, 0.15) is 0 Å². The van der Waals surface area contributed by atoms with E-state index in [1.165, 1.54) is 41.6 Å². The second-order valence-corrected chi connectivity index (χ2v) is 7.19. The molecular formula is C19H22O. The second kappa shape index (κ2) is 4.07. The van der Waals surface area contributed by atoms with Crippen LogP contribution in [-0.2, 0) is 4.79 Å². The zero-order valence-electron chi connectivity index (χ0n) is 12.2. The van der Waals surface area contributed by atoms with E-state index in [0.29, 0.717) is 29.5 Å². The van der Waals surface area contributed by atoms with E-state index in [-0.39, 0.29) is 0 Å². The first-order chi connectivity index (χ1) is 9.58. The lowest BCUT2D eigenvalue weighted by atomic mass is 9.60. The summed E-state index contributed by atoms with van der Waals surface area (Å²) in [6, 6.07) is 0. The van der Waals surface area contributed by atoms with Crippen molar-refractivity contribution in [2.24, 2.45) is 17.3 Å². The molecule has 0 spiro atoms. The maximum Gasteiger partial charge on any atom is 0.156 e. The summed E-state index contributed by atoms with van der Waals surface area (Å²) in [5.41, 5.74) is 6.13. The molecule has 4 aliphatic carbocycles. The number of hydrogen-bond donors (Lipinski definition) is 0. The van der Waals surface area contributed by atoms with Crippen LogP contribution in [0.4, 0.5) is 0 Å². The van der Waals surface area contributed by atoms with Crippen LogP contribution in [0, 0.1) is 17.3 Å². The van der Waals surface area contributed by atoms with E-state index in [1.807, 2.05) is 6.08 Å². The SMILES string of the molecule is C=C1CC[C@@]2(C)C=CC3=C4CCC(=O)C=C4CC[C@H]3[C@H]12. The van der Waals surface area contributed by atoms with Crippen molar-refractivity contribution >= 4 is 5.78 Å². The first kappa shape index (κ1) is 12.4. The number of fused-ring (bicyclic) bond motifs is 4. The first-order valence-corrected chi connectivity index (χ1v) is 7.92. The van der Waals surface area contributed by atoms with Gasteiger partial charge in [0.2, 0.25) is 0 Å². The van der Waals surface area contributed by atoms with Crippen molar-refractivity contribution in [1.82, 2.24) is 0 Å². The Kier molecular flexibility index (Phi) is 2.52. The van der Waals surface area contributed by atoms with E-state index in [2.05, 4.69) is 25.7 Å². The highest BCUT2D eigenvalue weighted by Gasteiger charge is 2.48. The van der Waals surface area contributed by atoms with Crippen molar-refractivity contribution in [3.63, 3.8) is 0 Å². The van der Waals surface area contributed by atoms with E-state index in [4.69, 9.17) is 0 Å². The number of ketones is 1. The third-order valence-corrected chi connectivity index (χ3v) is 6.00. The quantitative estimate of drug-likeness (QED) is 0.589. The van der Waals surface area contributed by atoms with Crippen LogP contribution in [0.25, 0.3) is 0 Å². The monoisotopic (exact) mass is 266 g/mol. The van der Waals surface area contributed by atoms with Gasteiger partial charge in [-0.3, -0.25) is 4.79 Å². The van der Waals surface area contributed by atoms with Gasteiger partial charge in [0.05, 0.1) is 0 Å². The second-order valence-electron chi connectivity index (χ2n) is 7.19. The van der Waals surface area contributed by atoms with Gasteiger partial charge in [0.15, 0.2) is 5.78 Å². The Morgan fingerprint density at radius 1 is 1.25 bits per heavy atom. The molecule has 4 rings (SSSR count). The van der Waals surface area contributed by atoms with Crippen LogP contribution in [-0.4, -0.2) is 5.78 Å². The number of allylic oxidation sites excluding steroid dienone is 7. The molecule has 0 aromatic carbocycles. The minimum Gasteiger partial charge on any atom is -0.295 e. The van der Waals surface area contributed by atoms with Crippen molar-refractivity contribution in [3.8, 4) is 0 Å². The Balaban J connectivity index is 1.85. The first-order valence-electron chi connectivity index (χ1n) is 7.92. The fourth-order valence-electron chi connectivity index (χ4n) is 4.99. The van der Waals surface area contributed by atoms with Gasteiger partial charge in [-0.2, -0.15) is 0 Å². The maximum absolute atomic E-state index is 11.6. The van der Waals surface area contributed by atoms with Crippen LogP contribution in [0.3, 0.4) is 0 Å². The van der Waals surface area contributed by atoms with Gasteiger partial charge in [-0.15, -0.1) is 0 Å². The van der Waals surface area contributed by atoms with E-state index < -0.39 is 0 Å². The van der Waals surface area contributed by atoms with E-state index >= 15 is 0 Å². The van der Waals surface area contributed by atoms with Gasteiger partial charge in [-0.25, -0.2) is 0 Å². The van der Waals surface area contributed by atoms with Crippen molar-refractivity contribution in [2.75, 3.05) is 0 Å². The van der Waals surface area contributed by atoms with Gasteiger partial charge in [-0.05, 0) is 72.2 Å². The van der Waals surface area contributed by atoms with Gasteiger partial charge in [0.25, 0.3) is 0 Å². The molecule has 0 aromatic heterocycles. The number of carbonyl (C=O) groups excluding carboxylic acids is 1. The molecule has 1 heteroatoms. The van der Waals surface area contributed by atoms with E-state index in [1.54, 1.807) is 0 Å². The van der Waals surface area contributed by atoms with Gasteiger partial charge >= 0.3 is 0 Å². The van der Waals surface area contributed by atoms with Crippen LogP contribution in [0.1, 0.15) is 45.4 Å². The Labute approximate surface area is 121 Å². The van der Waals surface area contributed by atoms with Crippen LogP contribution in [0.15, 0.2) is 47.1 Å². The molecule has 0 bridgehead atoms. The summed E-state index contributed by atoms with van der Waals surface area (Å²) in [4.78, 5) is 11.6. The molecule has 0 aromatic rings. The molecule has 1 nitrogen and oxygen atoms in total. The highest BCUT2D eigenvalue weighted by Crippen LogP contribution is 2.58. The molecule has 1 fully saturated rings. The Morgan fingerprint density at radius 2 is 2.10 bits per heavy atom. The van der Waals surface area contributed by atoms with E-state index in [0.717, 1.165) is 12.8 Å². The van der Waals surface area contributed by atoms with Crippen LogP contribution in [0.2, 0.25) is 0 Å². The average Bonchev–Trinajstić information content (AvgIpc) is 2.74. The lowest BCUT2D eigenvalue weighted by molar-refractivity contribution is -0.114. The summed E-state index contributed by atoms with van der Waals surface area (Å²) < 4.78 is 0. The Bertz CT molecular complexity index is 601. The molecule has 0 heterocycles. The molecule has 4 aliphatic rings. The van der Waals surface area contributed by atoms with Gasteiger partial charge in [-0.1, -0.05) is 31.2 Å². The molecule has 3 atom stereocenters. The third kappa shape index (κ3) is 1.58. The predicted octanol–water partition coefficient (Wildman–Crippen LogP) is 4.52. The molecular weight excluding hydrogens is 244 g/mol. The summed E-state index contributed by atoms with van der Waals surface area (Å²) in [5.74, 6) is 1.60. The summed E-state index contributed by atoms with van der Waals surface area (Å²) in [6.45, 7) is 6.77. The third-order valence-electron chi connectivity index (χ3n) is 6.00. The number of hydrogen-bond acceptors (Lipinski definition) is 1. The molecule has 1 saturated carbocycles. The average molecular weight is 266 g/mol. The van der Waals surface area contributed by atoms with Crippen LogP contribution in [0.5, 0.6) is 0 Å². The minimum absolute atomic E-state index is 0.317. The Morgan fingerprint density at radius 3 is 2.95 bits per heavy atom. The van der Waals surface area contributed by atoms with Crippen molar-refractivity contribution < 1.29 is 4.79 Å². The molecule has 104 valence electrons.